The Morgan fingerprint density at radius 3 is 2.69 bits per heavy atom. The Hall–Kier alpha value is -2.78. The van der Waals surface area contributed by atoms with Gasteiger partial charge in [0, 0.05) is 43.6 Å². The molecule has 8 nitrogen and oxygen atoms in total. The minimum absolute atomic E-state index is 0.0523. The zero-order chi connectivity index (χ0) is 20.4. The molecule has 0 atom stereocenters. The van der Waals surface area contributed by atoms with Crippen LogP contribution in [0.1, 0.15) is 35.2 Å². The summed E-state index contributed by atoms with van der Waals surface area (Å²) >= 11 is 0. The van der Waals surface area contributed by atoms with E-state index < -0.39 is 10.0 Å². The number of amides is 2. The summed E-state index contributed by atoms with van der Waals surface area (Å²) in [5.41, 5.74) is 2.00. The van der Waals surface area contributed by atoms with E-state index in [4.69, 9.17) is 0 Å². The number of rotatable bonds is 4. The fourth-order valence-corrected chi connectivity index (χ4v) is 5.20. The van der Waals surface area contributed by atoms with Crippen molar-refractivity contribution >= 4 is 27.5 Å². The highest BCUT2D eigenvalue weighted by Gasteiger charge is 2.31. The summed E-state index contributed by atoms with van der Waals surface area (Å²) in [6.07, 6.45) is 5.10. The molecule has 2 aliphatic rings. The maximum absolute atomic E-state index is 13.0. The van der Waals surface area contributed by atoms with E-state index in [1.54, 1.807) is 30.5 Å². The van der Waals surface area contributed by atoms with E-state index in [0.717, 1.165) is 5.56 Å². The summed E-state index contributed by atoms with van der Waals surface area (Å²) in [6, 6.07) is 8.17. The first-order chi connectivity index (χ1) is 13.9. The van der Waals surface area contributed by atoms with Gasteiger partial charge in [0.15, 0.2) is 0 Å². The molecule has 1 saturated heterocycles. The molecule has 1 aromatic carbocycles. The Labute approximate surface area is 169 Å². The Morgan fingerprint density at radius 2 is 1.97 bits per heavy atom. The van der Waals surface area contributed by atoms with Gasteiger partial charge < -0.3 is 10.6 Å². The van der Waals surface area contributed by atoms with Crippen LogP contribution in [0.4, 0.5) is 5.69 Å². The van der Waals surface area contributed by atoms with E-state index in [9.17, 15) is 18.0 Å². The van der Waals surface area contributed by atoms with Gasteiger partial charge in [-0.15, -0.1) is 0 Å². The van der Waals surface area contributed by atoms with Gasteiger partial charge in [-0.2, -0.15) is 4.31 Å². The van der Waals surface area contributed by atoms with Crippen molar-refractivity contribution in [3.63, 3.8) is 0 Å². The highest BCUT2D eigenvalue weighted by atomic mass is 32.2. The van der Waals surface area contributed by atoms with Crippen molar-refractivity contribution in [2.24, 2.45) is 0 Å². The first-order valence-corrected chi connectivity index (χ1v) is 11.0. The van der Waals surface area contributed by atoms with Crippen molar-refractivity contribution in [2.45, 2.75) is 36.6 Å². The van der Waals surface area contributed by atoms with Gasteiger partial charge >= 0.3 is 0 Å². The first-order valence-electron chi connectivity index (χ1n) is 9.57. The van der Waals surface area contributed by atoms with Gasteiger partial charge in [0.2, 0.25) is 15.9 Å². The Kier molecular flexibility index (Phi) is 5.33. The number of aromatic nitrogens is 1. The van der Waals surface area contributed by atoms with Crippen LogP contribution < -0.4 is 10.6 Å². The average molecular weight is 414 g/mol. The highest BCUT2D eigenvalue weighted by Crippen LogP contribution is 2.28. The van der Waals surface area contributed by atoms with Gasteiger partial charge in [-0.25, -0.2) is 8.42 Å². The molecule has 152 valence electrons. The molecular formula is C20H22N4O4S. The van der Waals surface area contributed by atoms with Crippen LogP contribution in [0.15, 0.2) is 47.6 Å². The number of aryl methyl sites for hydroxylation is 1. The van der Waals surface area contributed by atoms with Crippen molar-refractivity contribution in [1.82, 2.24) is 14.6 Å². The molecule has 4 rings (SSSR count). The summed E-state index contributed by atoms with van der Waals surface area (Å²) in [4.78, 5) is 27.9. The van der Waals surface area contributed by atoms with Gasteiger partial charge in [0.25, 0.3) is 5.91 Å². The standard InChI is InChI=1S/C20H22N4O4S/c25-19-6-3-14-12-17(4-5-18(14)23-19)29(27,28)24-10-7-16(8-11-24)22-20(26)15-2-1-9-21-13-15/h1-2,4-5,9,12-13,16H,3,6-8,10-11H2,(H,22,26)(H,23,25). The molecule has 0 aliphatic carbocycles. The summed E-state index contributed by atoms with van der Waals surface area (Å²) in [6.45, 7) is 0.683. The Morgan fingerprint density at radius 1 is 1.17 bits per heavy atom. The molecular weight excluding hydrogens is 392 g/mol. The molecule has 2 N–H and O–H groups in total. The summed E-state index contributed by atoms with van der Waals surface area (Å²) in [5, 5.41) is 5.71. The fraction of sp³-hybridized carbons (Fsp3) is 0.350. The molecule has 1 fully saturated rings. The lowest BCUT2D eigenvalue weighted by Crippen LogP contribution is -2.46. The van der Waals surface area contributed by atoms with Crippen molar-refractivity contribution < 1.29 is 18.0 Å². The fourth-order valence-electron chi connectivity index (χ4n) is 3.68. The molecule has 1 aromatic heterocycles. The number of anilines is 1. The predicted molar refractivity (Wildman–Crippen MR) is 107 cm³/mol. The molecule has 2 aliphatic heterocycles. The van der Waals surface area contributed by atoms with Gasteiger partial charge in [-0.3, -0.25) is 14.6 Å². The third-order valence-electron chi connectivity index (χ3n) is 5.32. The number of sulfonamides is 1. The molecule has 0 spiro atoms. The second-order valence-corrected chi connectivity index (χ2v) is 9.20. The van der Waals surface area contributed by atoms with Crippen LogP contribution >= 0.6 is 0 Å². The van der Waals surface area contributed by atoms with Gasteiger partial charge in [-0.1, -0.05) is 0 Å². The van der Waals surface area contributed by atoms with Crippen LogP contribution in [0.3, 0.4) is 0 Å². The minimum atomic E-state index is -3.62. The maximum atomic E-state index is 13.0. The molecule has 0 unspecified atom stereocenters. The van der Waals surface area contributed by atoms with E-state index in [1.165, 1.54) is 16.6 Å². The Bertz CT molecular complexity index is 1030. The monoisotopic (exact) mass is 414 g/mol. The third-order valence-corrected chi connectivity index (χ3v) is 7.22. The number of nitrogens with zero attached hydrogens (tertiary/aromatic N) is 2. The van der Waals surface area contributed by atoms with Crippen LogP contribution in [-0.2, 0) is 21.2 Å². The SMILES string of the molecule is O=C1CCc2cc(S(=O)(=O)N3CCC(NC(=O)c4cccnc4)CC3)ccc2N1. The minimum Gasteiger partial charge on any atom is -0.349 e. The molecule has 0 radical (unpaired) electrons. The second kappa shape index (κ2) is 7.92. The Balaban J connectivity index is 1.40. The molecule has 3 heterocycles. The number of hydrogen-bond acceptors (Lipinski definition) is 5. The van der Waals surface area contributed by atoms with E-state index in [1.807, 2.05) is 0 Å². The number of fused-ring (bicyclic) bond motifs is 1. The number of benzene rings is 1. The smallest absolute Gasteiger partial charge is 0.253 e. The summed E-state index contributed by atoms with van der Waals surface area (Å²) < 4.78 is 27.5. The number of piperidine rings is 1. The second-order valence-electron chi connectivity index (χ2n) is 7.26. The molecule has 0 bridgehead atoms. The van der Waals surface area contributed by atoms with Crippen molar-refractivity contribution in [2.75, 3.05) is 18.4 Å². The first kappa shape index (κ1) is 19.5. The van der Waals surface area contributed by atoms with Crippen LogP contribution in [0.2, 0.25) is 0 Å². The zero-order valence-electron chi connectivity index (χ0n) is 15.8. The number of carbonyl (C=O) groups excluding carboxylic acids is 2. The molecule has 0 saturated carbocycles. The number of carbonyl (C=O) groups is 2. The summed E-state index contributed by atoms with van der Waals surface area (Å²) in [7, 11) is -3.62. The van der Waals surface area contributed by atoms with E-state index >= 15 is 0 Å². The third kappa shape index (κ3) is 4.15. The van der Waals surface area contributed by atoms with Gasteiger partial charge in [0.1, 0.15) is 0 Å². The van der Waals surface area contributed by atoms with Crippen molar-refractivity contribution in [3.8, 4) is 0 Å². The van der Waals surface area contributed by atoms with E-state index in [0.29, 0.717) is 50.0 Å². The van der Waals surface area contributed by atoms with Crippen molar-refractivity contribution in [1.29, 1.82) is 0 Å². The zero-order valence-corrected chi connectivity index (χ0v) is 16.6. The predicted octanol–water partition coefficient (Wildman–Crippen LogP) is 1.55. The molecule has 2 amide bonds. The molecule has 29 heavy (non-hydrogen) atoms. The van der Waals surface area contributed by atoms with E-state index in [-0.39, 0.29) is 22.8 Å². The number of pyridine rings is 1. The average Bonchev–Trinajstić information content (AvgIpc) is 2.74. The van der Waals surface area contributed by atoms with Crippen LogP contribution in [0, 0.1) is 0 Å². The number of hydrogen-bond donors (Lipinski definition) is 2. The molecule has 2 aromatic rings. The quantitative estimate of drug-likeness (QED) is 0.789. The lowest BCUT2D eigenvalue weighted by atomic mass is 10.0. The lowest BCUT2D eigenvalue weighted by molar-refractivity contribution is -0.116. The maximum Gasteiger partial charge on any atom is 0.253 e. The largest absolute Gasteiger partial charge is 0.349 e. The normalized spacial score (nSPS) is 18.0. The summed E-state index contributed by atoms with van der Waals surface area (Å²) in [5.74, 6) is -0.250. The van der Waals surface area contributed by atoms with Crippen LogP contribution in [0.25, 0.3) is 0 Å². The molecule has 9 heteroatoms. The van der Waals surface area contributed by atoms with Gasteiger partial charge in [-0.05, 0) is 55.2 Å². The topological polar surface area (TPSA) is 108 Å². The van der Waals surface area contributed by atoms with E-state index in [2.05, 4.69) is 15.6 Å². The highest BCUT2D eigenvalue weighted by molar-refractivity contribution is 7.89. The van der Waals surface area contributed by atoms with Crippen molar-refractivity contribution in [3.05, 3.63) is 53.9 Å². The number of nitrogens with one attached hydrogen (secondary N) is 2. The lowest BCUT2D eigenvalue weighted by Gasteiger charge is -2.32. The van der Waals surface area contributed by atoms with Crippen LogP contribution in [0.5, 0.6) is 0 Å². The van der Waals surface area contributed by atoms with Crippen LogP contribution in [-0.4, -0.2) is 48.7 Å². The van der Waals surface area contributed by atoms with Gasteiger partial charge in [0.05, 0.1) is 10.5 Å².